The van der Waals surface area contributed by atoms with E-state index in [-0.39, 0.29) is 5.91 Å². The molecule has 1 rings (SSSR count). The summed E-state index contributed by atoms with van der Waals surface area (Å²) < 4.78 is 0. The van der Waals surface area contributed by atoms with E-state index < -0.39 is 0 Å². The molecule has 1 aromatic rings. The number of rotatable bonds is 7. The summed E-state index contributed by atoms with van der Waals surface area (Å²) in [4.78, 5) is 21.9. The number of aryl methyl sites for hydroxylation is 1. The van der Waals surface area contributed by atoms with Crippen LogP contribution in [0.25, 0.3) is 0 Å². The molecule has 118 valence electrons. The van der Waals surface area contributed by atoms with Crippen molar-refractivity contribution in [2.45, 2.75) is 26.7 Å². The first-order valence-electron chi connectivity index (χ1n) is 7.16. The molecule has 2 N–H and O–H groups in total. The Morgan fingerprint density at radius 2 is 2.19 bits per heavy atom. The molecule has 21 heavy (non-hydrogen) atoms. The van der Waals surface area contributed by atoms with Crippen molar-refractivity contribution in [2.24, 2.45) is 4.99 Å². The van der Waals surface area contributed by atoms with Gasteiger partial charge < -0.3 is 15.5 Å². The van der Waals surface area contributed by atoms with Crippen molar-refractivity contribution in [3.63, 3.8) is 0 Å². The van der Waals surface area contributed by atoms with Gasteiger partial charge in [0.05, 0.1) is 17.2 Å². The molecule has 1 aromatic heterocycles. The second kappa shape index (κ2) is 9.33. The average molecular weight is 311 g/mol. The van der Waals surface area contributed by atoms with E-state index >= 15 is 0 Å². The second-order valence-corrected chi connectivity index (χ2v) is 5.90. The van der Waals surface area contributed by atoms with Crippen LogP contribution in [0.2, 0.25) is 0 Å². The van der Waals surface area contributed by atoms with E-state index in [1.807, 2.05) is 13.8 Å². The van der Waals surface area contributed by atoms with E-state index in [9.17, 15) is 4.79 Å². The van der Waals surface area contributed by atoms with Crippen molar-refractivity contribution in [3.8, 4) is 0 Å². The molecule has 0 unspecified atom stereocenters. The summed E-state index contributed by atoms with van der Waals surface area (Å²) in [5, 5.41) is 9.60. The summed E-state index contributed by atoms with van der Waals surface area (Å²) in [5.74, 6) is 0.837. The Labute approximate surface area is 130 Å². The zero-order valence-electron chi connectivity index (χ0n) is 13.3. The highest BCUT2D eigenvalue weighted by Crippen LogP contribution is 2.07. The zero-order chi connectivity index (χ0) is 15.7. The van der Waals surface area contributed by atoms with Gasteiger partial charge in [0.25, 0.3) is 0 Å². The van der Waals surface area contributed by atoms with Crippen LogP contribution in [0.5, 0.6) is 0 Å². The molecule has 7 heteroatoms. The lowest BCUT2D eigenvalue weighted by atomic mass is 10.3. The second-order valence-electron chi connectivity index (χ2n) is 4.83. The molecule has 0 atom stereocenters. The number of hydrogen-bond donors (Lipinski definition) is 2. The van der Waals surface area contributed by atoms with Crippen LogP contribution in [-0.2, 0) is 11.2 Å². The maximum atomic E-state index is 11.5. The van der Waals surface area contributed by atoms with E-state index in [0.717, 1.165) is 36.2 Å². The minimum atomic E-state index is 0.0903. The Bertz CT molecular complexity index is 470. The molecule has 0 aromatic carbocycles. The molecule has 0 spiro atoms. The monoisotopic (exact) mass is 311 g/mol. The van der Waals surface area contributed by atoms with Crippen molar-refractivity contribution in [1.82, 2.24) is 20.5 Å². The van der Waals surface area contributed by atoms with Crippen molar-refractivity contribution in [2.75, 3.05) is 33.7 Å². The number of thiazole rings is 1. The van der Waals surface area contributed by atoms with Crippen LogP contribution in [0.1, 0.15) is 24.0 Å². The van der Waals surface area contributed by atoms with Gasteiger partial charge in [-0.15, -0.1) is 11.3 Å². The van der Waals surface area contributed by atoms with Crippen LogP contribution >= 0.6 is 11.3 Å². The Balaban J connectivity index is 2.36. The quantitative estimate of drug-likeness (QED) is 0.583. The Morgan fingerprint density at radius 1 is 1.43 bits per heavy atom. The Hall–Kier alpha value is -1.63. The Morgan fingerprint density at radius 3 is 2.76 bits per heavy atom. The first-order valence-corrected chi connectivity index (χ1v) is 8.04. The molecule has 0 aliphatic carbocycles. The van der Waals surface area contributed by atoms with Crippen molar-refractivity contribution >= 4 is 23.2 Å². The van der Waals surface area contributed by atoms with Gasteiger partial charge in [-0.25, -0.2) is 4.98 Å². The predicted molar refractivity (Wildman–Crippen MR) is 87.8 cm³/mol. The third-order valence-electron chi connectivity index (χ3n) is 2.78. The number of aromatic nitrogens is 1. The molecule has 0 saturated carbocycles. The van der Waals surface area contributed by atoms with Crippen LogP contribution in [0.3, 0.4) is 0 Å². The number of hydrogen-bond acceptors (Lipinski definition) is 4. The molecular weight excluding hydrogens is 286 g/mol. The van der Waals surface area contributed by atoms with E-state index in [2.05, 4.69) is 26.0 Å². The number of nitrogens with zero attached hydrogens (tertiary/aromatic N) is 3. The third-order valence-corrected chi connectivity index (χ3v) is 3.60. The molecule has 1 heterocycles. The van der Waals surface area contributed by atoms with Crippen LogP contribution in [0.15, 0.2) is 10.4 Å². The summed E-state index contributed by atoms with van der Waals surface area (Å²) in [6.07, 6.45) is 1.29. The summed E-state index contributed by atoms with van der Waals surface area (Å²) in [7, 11) is 3.51. The third kappa shape index (κ3) is 7.08. The van der Waals surface area contributed by atoms with Gasteiger partial charge >= 0.3 is 0 Å². The van der Waals surface area contributed by atoms with Gasteiger partial charge in [0.1, 0.15) is 0 Å². The van der Waals surface area contributed by atoms with Crippen molar-refractivity contribution in [3.05, 3.63) is 16.1 Å². The molecule has 0 fully saturated rings. The van der Waals surface area contributed by atoms with Gasteiger partial charge in [0.15, 0.2) is 5.96 Å². The molecule has 6 nitrogen and oxygen atoms in total. The molecule has 1 amide bonds. The highest BCUT2D eigenvalue weighted by molar-refractivity contribution is 7.09. The predicted octanol–water partition coefficient (Wildman–Crippen LogP) is 1.03. The molecular formula is C14H25N5OS. The first-order chi connectivity index (χ1) is 10.0. The van der Waals surface area contributed by atoms with E-state index in [4.69, 9.17) is 0 Å². The summed E-state index contributed by atoms with van der Waals surface area (Å²) in [5.41, 5.74) is 1.10. The highest BCUT2D eigenvalue weighted by atomic mass is 32.1. The maximum Gasteiger partial charge on any atom is 0.223 e. The van der Waals surface area contributed by atoms with Crippen molar-refractivity contribution in [1.29, 1.82) is 0 Å². The van der Waals surface area contributed by atoms with E-state index in [0.29, 0.717) is 13.0 Å². The van der Waals surface area contributed by atoms with Gasteiger partial charge in [-0.1, -0.05) is 0 Å². The lowest BCUT2D eigenvalue weighted by Crippen LogP contribution is -2.38. The lowest BCUT2D eigenvalue weighted by molar-refractivity contribution is -0.128. The Kier molecular flexibility index (Phi) is 7.74. The number of amides is 1. The van der Waals surface area contributed by atoms with Gasteiger partial charge in [-0.05, 0) is 13.8 Å². The van der Waals surface area contributed by atoms with Crippen LogP contribution in [-0.4, -0.2) is 55.5 Å². The van der Waals surface area contributed by atoms with Gasteiger partial charge in [0.2, 0.25) is 5.91 Å². The first kappa shape index (κ1) is 17.4. The number of carbonyl (C=O) groups excluding carboxylic acids is 1. The fourth-order valence-corrected chi connectivity index (χ4v) is 2.31. The topological polar surface area (TPSA) is 69.6 Å². The van der Waals surface area contributed by atoms with E-state index in [1.54, 1.807) is 30.3 Å². The molecule has 0 aliphatic rings. The van der Waals surface area contributed by atoms with Crippen molar-refractivity contribution < 1.29 is 4.79 Å². The van der Waals surface area contributed by atoms with Crippen LogP contribution in [0.4, 0.5) is 0 Å². The number of nitrogens with one attached hydrogen (secondary N) is 2. The molecule has 0 bridgehead atoms. The van der Waals surface area contributed by atoms with Crippen LogP contribution < -0.4 is 10.6 Å². The summed E-state index contributed by atoms with van der Waals surface area (Å²) in [6.45, 7) is 6.09. The maximum absolute atomic E-state index is 11.5. The zero-order valence-corrected chi connectivity index (χ0v) is 14.1. The number of guanidine groups is 1. The van der Waals surface area contributed by atoms with Gasteiger partial charge in [-0.2, -0.15) is 0 Å². The summed E-state index contributed by atoms with van der Waals surface area (Å²) >= 11 is 1.67. The van der Waals surface area contributed by atoms with E-state index in [1.165, 1.54) is 0 Å². The largest absolute Gasteiger partial charge is 0.357 e. The SMILES string of the molecule is CCNC(=NCCC(=O)N(C)C)NCCc1csc(C)n1. The van der Waals surface area contributed by atoms with Crippen LogP contribution in [0, 0.1) is 6.92 Å². The molecule has 0 saturated heterocycles. The lowest BCUT2D eigenvalue weighted by Gasteiger charge is -2.12. The number of carbonyl (C=O) groups is 1. The standard InChI is InChI=1S/C14H25N5OS/c1-5-15-14(17-9-7-13(20)19(3)4)16-8-6-12-10-21-11(2)18-12/h10H,5-9H2,1-4H3,(H2,15,16,17). The fraction of sp³-hybridized carbons (Fsp3) is 0.643. The number of aliphatic imine (C=N–C) groups is 1. The summed E-state index contributed by atoms with van der Waals surface area (Å²) in [6, 6.07) is 0. The molecule has 0 radical (unpaired) electrons. The van der Waals surface area contributed by atoms with Gasteiger partial charge in [0, 0.05) is 45.4 Å². The average Bonchev–Trinajstić information content (AvgIpc) is 2.84. The minimum absolute atomic E-state index is 0.0903. The molecule has 0 aliphatic heterocycles. The smallest absolute Gasteiger partial charge is 0.223 e. The fourth-order valence-electron chi connectivity index (χ4n) is 1.66. The normalized spacial score (nSPS) is 11.3. The highest BCUT2D eigenvalue weighted by Gasteiger charge is 2.04. The van der Waals surface area contributed by atoms with Gasteiger partial charge in [-0.3, -0.25) is 9.79 Å². The minimum Gasteiger partial charge on any atom is -0.357 e.